The van der Waals surface area contributed by atoms with Crippen LogP contribution in [0.15, 0.2) is 114 Å². The second-order valence-corrected chi connectivity index (χ2v) is 7.84. The molecule has 3 heterocycles. The highest BCUT2D eigenvalue weighted by Crippen LogP contribution is 2.43. The van der Waals surface area contributed by atoms with Crippen LogP contribution in [0.25, 0.3) is 55.4 Å². The van der Waals surface area contributed by atoms with Crippen molar-refractivity contribution in [3.63, 3.8) is 0 Å². The molecule has 0 saturated heterocycles. The first-order valence-electron chi connectivity index (χ1n) is 10.5. The Morgan fingerprint density at radius 2 is 1.00 bits per heavy atom. The molecule has 146 valence electrons. The van der Waals surface area contributed by atoms with Crippen molar-refractivity contribution in [2.75, 3.05) is 0 Å². The summed E-state index contributed by atoms with van der Waals surface area (Å²) >= 11 is 0. The zero-order chi connectivity index (χ0) is 20.4. The molecule has 0 radical (unpaired) electrons. The molecule has 0 unspecified atom stereocenters. The Morgan fingerprint density at radius 1 is 0.484 bits per heavy atom. The SMILES string of the molecule is c1ccc(-n2c3ccccc3c3c2oc2c4ccccc4n(-c4ccccc4)c23)cc1. The highest BCUT2D eigenvalue weighted by molar-refractivity contribution is 6.24. The highest BCUT2D eigenvalue weighted by atomic mass is 16.3. The molecule has 0 atom stereocenters. The Hall–Kier alpha value is -4.24. The van der Waals surface area contributed by atoms with Crippen LogP contribution >= 0.6 is 0 Å². The van der Waals surface area contributed by atoms with E-state index in [1.54, 1.807) is 0 Å². The number of nitrogens with zero attached hydrogens (tertiary/aromatic N) is 2. The molecule has 0 spiro atoms. The third-order valence-electron chi connectivity index (χ3n) is 6.12. The Kier molecular flexibility index (Phi) is 3.27. The number of fused-ring (bicyclic) bond motifs is 7. The number of benzene rings is 4. The van der Waals surface area contributed by atoms with Gasteiger partial charge >= 0.3 is 0 Å². The van der Waals surface area contributed by atoms with Crippen LogP contribution in [0, 0.1) is 0 Å². The number of rotatable bonds is 2. The molecular weight excluding hydrogens is 380 g/mol. The molecule has 0 bridgehead atoms. The van der Waals surface area contributed by atoms with Crippen molar-refractivity contribution in [2.24, 2.45) is 0 Å². The molecule has 3 nitrogen and oxygen atoms in total. The van der Waals surface area contributed by atoms with E-state index in [0.29, 0.717) is 0 Å². The number of furan rings is 1. The maximum Gasteiger partial charge on any atom is 0.215 e. The first-order valence-corrected chi connectivity index (χ1v) is 10.5. The molecule has 7 rings (SSSR count). The molecule has 0 aliphatic rings. The molecule has 0 aliphatic heterocycles. The van der Waals surface area contributed by atoms with Crippen molar-refractivity contribution >= 4 is 44.0 Å². The highest BCUT2D eigenvalue weighted by Gasteiger charge is 2.24. The Bertz CT molecular complexity index is 1720. The predicted molar refractivity (Wildman–Crippen MR) is 127 cm³/mol. The van der Waals surface area contributed by atoms with Crippen molar-refractivity contribution < 1.29 is 4.42 Å². The van der Waals surface area contributed by atoms with Crippen LogP contribution in [-0.2, 0) is 0 Å². The largest absolute Gasteiger partial charge is 0.437 e. The van der Waals surface area contributed by atoms with E-state index >= 15 is 0 Å². The number of aromatic nitrogens is 2. The van der Waals surface area contributed by atoms with Gasteiger partial charge in [-0.2, -0.15) is 0 Å². The summed E-state index contributed by atoms with van der Waals surface area (Å²) in [5, 5.41) is 3.47. The zero-order valence-corrected chi connectivity index (χ0v) is 16.7. The lowest BCUT2D eigenvalue weighted by Crippen LogP contribution is -1.93. The lowest BCUT2D eigenvalue weighted by Gasteiger charge is -2.06. The number of hydrogen-bond acceptors (Lipinski definition) is 1. The van der Waals surface area contributed by atoms with Crippen molar-refractivity contribution in [1.82, 2.24) is 9.13 Å². The van der Waals surface area contributed by atoms with E-state index in [4.69, 9.17) is 4.42 Å². The van der Waals surface area contributed by atoms with Crippen LogP contribution in [0.3, 0.4) is 0 Å². The first-order chi connectivity index (χ1) is 15.4. The molecule has 4 aromatic carbocycles. The van der Waals surface area contributed by atoms with Gasteiger partial charge in [0.05, 0.1) is 16.4 Å². The molecule has 3 aromatic heterocycles. The van der Waals surface area contributed by atoms with E-state index < -0.39 is 0 Å². The van der Waals surface area contributed by atoms with E-state index in [0.717, 1.165) is 50.0 Å². The third-order valence-corrected chi connectivity index (χ3v) is 6.12. The minimum absolute atomic E-state index is 0.882. The van der Waals surface area contributed by atoms with Gasteiger partial charge in [0.1, 0.15) is 5.52 Å². The Morgan fingerprint density at radius 3 is 1.68 bits per heavy atom. The fourth-order valence-electron chi connectivity index (χ4n) is 4.86. The minimum atomic E-state index is 0.882. The van der Waals surface area contributed by atoms with Crippen molar-refractivity contribution in [3.8, 4) is 11.4 Å². The van der Waals surface area contributed by atoms with E-state index in [1.165, 1.54) is 5.39 Å². The lowest BCUT2D eigenvalue weighted by atomic mass is 10.2. The van der Waals surface area contributed by atoms with Gasteiger partial charge in [-0.25, -0.2) is 0 Å². The van der Waals surface area contributed by atoms with Crippen LogP contribution in [0.5, 0.6) is 0 Å². The predicted octanol–water partition coefficient (Wildman–Crippen LogP) is 7.47. The summed E-state index contributed by atoms with van der Waals surface area (Å²) in [7, 11) is 0. The number of para-hydroxylation sites is 4. The summed E-state index contributed by atoms with van der Waals surface area (Å²) in [5.74, 6) is 0. The molecular formula is C28H18N2O. The van der Waals surface area contributed by atoms with Gasteiger partial charge < -0.3 is 8.98 Å². The second-order valence-electron chi connectivity index (χ2n) is 7.84. The smallest absolute Gasteiger partial charge is 0.215 e. The maximum absolute atomic E-state index is 6.68. The molecule has 0 amide bonds. The summed E-state index contributed by atoms with van der Waals surface area (Å²) < 4.78 is 11.2. The summed E-state index contributed by atoms with van der Waals surface area (Å²) in [5.41, 5.74) is 7.46. The monoisotopic (exact) mass is 398 g/mol. The normalized spacial score (nSPS) is 11.9. The summed E-state index contributed by atoms with van der Waals surface area (Å²) in [4.78, 5) is 0. The van der Waals surface area contributed by atoms with Crippen molar-refractivity contribution in [1.29, 1.82) is 0 Å². The topological polar surface area (TPSA) is 23.0 Å². The van der Waals surface area contributed by atoms with Crippen LogP contribution < -0.4 is 0 Å². The standard InChI is InChI=1S/C28H18N2O/c1-3-11-19(12-4-1)29-24-18-10-8-16-22(24)27-26(29)25-21-15-7-9-17-23(21)30(28(25)31-27)20-13-5-2-6-14-20/h1-18H. The fraction of sp³-hybridized carbons (Fsp3) is 0. The van der Waals surface area contributed by atoms with Gasteiger partial charge in [-0.1, -0.05) is 66.7 Å². The molecule has 31 heavy (non-hydrogen) atoms. The maximum atomic E-state index is 6.68. The molecule has 7 aromatic rings. The van der Waals surface area contributed by atoms with E-state index in [1.807, 2.05) is 6.07 Å². The van der Waals surface area contributed by atoms with E-state index in [2.05, 4.69) is 112 Å². The van der Waals surface area contributed by atoms with Crippen molar-refractivity contribution in [2.45, 2.75) is 0 Å². The van der Waals surface area contributed by atoms with Crippen LogP contribution in [-0.4, -0.2) is 9.13 Å². The van der Waals surface area contributed by atoms with Crippen molar-refractivity contribution in [3.05, 3.63) is 109 Å². The Balaban J connectivity index is 1.76. The molecule has 0 N–H and O–H groups in total. The average Bonchev–Trinajstić information content (AvgIpc) is 3.46. The van der Waals surface area contributed by atoms with Gasteiger partial charge in [0.15, 0.2) is 5.58 Å². The summed E-state index contributed by atoms with van der Waals surface area (Å²) in [6, 6.07) is 38.0. The lowest BCUT2D eigenvalue weighted by molar-refractivity contribution is 0.649. The van der Waals surface area contributed by atoms with Gasteiger partial charge in [0.2, 0.25) is 5.71 Å². The Labute approximate surface area is 178 Å². The molecule has 0 aliphatic carbocycles. The van der Waals surface area contributed by atoms with E-state index in [-0.39, 0.29) is 0 Å². The summed E-state index contributed by atoms with van der Waals surface area (Å²) in [6.45, 7) is 0. The van der Waals surface area contributed by atoms with Gasteiger partial charge in [-0.15, -0.1) is 0 Å². The average molecular weight is 398 g/mol. The number of hydrogen-bond donors (Lipinski definition) is 0. The quantitative estimate of drug-likeness (QED) is 0.296. The zero-order valence-electron chi connectivity index (χ0n) is 16.7. The molecule has 0 fully saturated rings. The minimum Gasteiger partial charge on any atom is -0.437 e. The van der Waals surface area contributed by atoms with Gasteiger partial charge in [0.25, 0.3) is 0 Å². The van der Waals surface area contributed by atoms with Gasteiger partial charge in [-0.05, 0) is 42.5 Å². The van der Waals surface area contributed by atoms with Crippen LogP contribution in [0.2, 0.25) is 0 Å². The second kappa shape index (κ2) is 6.13. The first kappa shape index (κ1) is 16.5. The van der Waals surface area contributed by atoms with Crippen LogP contribution in [0.4, 0.5) is 0 Å². The molecule has 3 heteroatoms. The third kappa shape index (κ3) is 2.18. The fourth-order valence-corrected chi connectivity index (χ4v) is 4.86. The van der Waals surface area contributed by atoms with Gasteiger partial charge in [0, 0.05) is 22.1 Å². The van der Waals surface area contributed by atoms with Gasteiger partial charge in [-0.3, -0.25) is 4.57 Å². The van der Waals surface area contributed by atoms with E-state index in [9.17, 15) is 0 Å². The van der Waals surface area contributed by atoms with Crippen LogP contribution in [0.1, 0.15) is 0 Å². The molecule has 0 saturated carbocycles. The summed E-state index contributed by atoms with van der Waals surface area (Å²) in [6.07, 6.45) is 0.